The molecule has 34 heavy (non-hydrogen) atoms. The van der Waals surface area contributed by atoms with Crippen LogP contribution in [0.2, 0.25) is 0 Å². The number of carboxylic acid groups (broad SMARTS) is 1. The van der Waals surface area contributed by atoms with E-state index in [1.54, 1.807) is 32.1 Å². The van der Waals surface area contributed by atoms with Crippen molar-refractivity contribution in [2.75, 3.05) is 0 Å². The highest BCUT2D eigenvalue weighted by molar-refractivity contribution is 5.86. The average Bonchev–Trinajstić information content (AvgIpc) is 2.73. The molecule has 0 radical (unpaired) electrons. The number of carbonyl (C=O) groups is 1. The van der Waals surface area contributed by atoms with Crippen LogP contribution in [0.25, 0.3) is 0 Å². The Bertz CT molecular complexity index is 944. The summed E-state index contributed by atoms with van der Waals surface area (Å²) in [6.07, 6.45) is 25.0. The van der Waals surface area contributed by atoms with Crippen molar-refractivity contribution in [3.8, 4) is 0 Å². The minimum Gasteiger partial charge on any atom is -0.478 e. The van der Waals surface area contributed by atoms with Crippen molar-refractivity contribution in [1.82, 2.24) is 0 Å². The molecule has 0 aromatic carbocycles. The van der Waals surface area contributed by atoms with Crippen molar-refractivity contribution >= 4 is 5.97 Å². The lowest BCUT2D eigenvalue weighted by Crippen LogP contribution is -2.62. The summed E-state index contributed by atoms with van der Waals surface area (Å²) >= 11 is 0. The number of allylic oxidation sites excluding steroid dienone is 14. The molecule has 0 aliphatic heterocycles. The summed E-state index contributed by atoms with van der Waals surface area (Å²) in [5.41, 5.74) is 0.561. The Morgan fingerprint density at radius 1 is 0.706 bits per heavy atom. The molecule has 0 bridgehead atoms. The first-order chi connectivity index (χ1) is 15.7. The molecule has 186 valence electrons. The maximum atomic E-state index is 11.3. The summed E-state index contributed by atoms with van der Waals surface area (Å²) in [7, 11) is 0. The van der Waals surface area contributed by atoms with E-state index < -0.39 is 22.6 Å². The molecular formula is C30H42O4. The van der Waals surface area contributed by atoms with Gasteiger partial charge in [-0.05, 0) is 65.4 Å². The molecule has 0 spiro atoms. The first-order valence-electron chi connectivity index (χ1n) is 11.8. The van der Waals surface area contributed by atoms with E-state index in [-0.39, 0.29) is 0 Å². The zero-order valence-electron chi connectivity index (χ0n) is 21.8. The summed E-state index contributed by atoms with van der Waals surface area (Å²) in [5.74, 6) is -0.917. The standard InChI is InChI=1S/C30H42O4/c1-23(13-8-9-14-24(2)17-11-18-26(4)27(31)32)15-10-16-25(3)19-22-30(34)28(5,6)20-12-21-29(30,7)33/h8-11,13-19,22,33-34H,12,20-21H2,1-7H3,(H,31,32)/b9-8+,15-10+,17-11+,22-19+,23-13+,24-14+,25-16+,26-18+. The second-order valence-electron chi connectivity index (χ2n) is 10.1. The Morgan fingerprint density at radius 3 is 1.68 bits per heavy atom. The van der Waals surface area contributed by atoms with Gasteiger partial charge in [0.25, 0.3) is 0 Å². The van der Waals surface area contributed by atoms with Crippen LogP contribution in [0.5, 0.6) is 0 Å². The molecule has 4 heteroatoms. The van der Waals surface area contributed by atoms with Crippen molar-refractivity contribution in [3.63, 3.8) is 0 Å². The number of carboxylic acids is 1. The molecule has 1 saturated carbocycles. The quantitative estimate of drug-likeness (QED) is 0.259. The first-order valence-corrected chi connectivity index (χ1v) is 11.8. The van der Waals surface area contributed by atoms with Crippen molar-refractivity contribution < 1.29 is 20.1 Å². The van der Waals surface area contributed by atoms with Crippen molar-refractivity contribution in [1.29, 1.82) is 0 Å². The van der Waals surface area contributed by atoms with Crippen LogP contribution in [0, 0.1) is 5.41 Å². The molecule has 1 rings (SSSR count). The molecule has 1 aliphatic rings. The van der Waals surface area contributed by atoms with Gasteiger partial charge in [-0.15, -0.1) is 0 Å². The fourth-order valence-electron chi connectivity index (χ4n) is 3.99. The van der Waals surface area contributed by atoms with E-state index in [4.69, 9.17) is 5.11 Å². The van der Waals surface area contributed by atoms with Crippen molar-refractivity contribution in [3.05, 3.63) is 95.2 Å². The Hall–Kier alpha value is -2.69. The second kappa shape index (κ2) is 12.7. The van der Waals surface area contributed by atoms with Crippen LogP contribution in [-0.2, 0) is 4.79 Å². The summed E-state index contributed by atoms with van der Waals surface area (Å²) in [6.45, 7) is 13.2. The van der Waals surface area contributed by atoms with E-state index in [0.29, 0.717) is 12.0 Å². The lowest BCUT2D eigenvalue weighted by molar-refractivity contribution is -0.194. The van der Waals surface area contributed by atoms with Gasteiger partial charge in [-0.1, -0.05) is 97.4 Å². The zero-order chi connectivity index (χ0) is 26.0. The number of hydrogen-bond acceptors (Lipinski definition) is 3. The predicted molar refractivity (Wildman–Crippen MR) is 142 cm³/mol. The number of aliphatic carboxylic acids is 1. The van der Waals surface area contributed by atoms with Gasteiger partial charge in [0.2, 0.25) is 0 Å². The van der Waals surface area contributed by atoms with Crippen LogP contribution in [0.4, 0.5) is 0 Å². The first kappa shape index (κ1) is 29.3. The summed E-state index contributed by atoms with van der Waals surface area (Å²) in [5, 5.41) is 31.0. The lowest BCUT2D eigenvalue weighted by Gasteiger charge is -2.53. The molecular weight excluding hydrogens is 424 g/mol. The molecule has 4 nitrogen and oxygen atoms in total. The molecule has 0 amide bonds. The normalized spacial score (nSPS) is 27.6. The van der Waals surface area contributed by atoms with Crippen molar-refractivity contribution in [2.45, 2.75) is 78.9 Å². The van der Waals surface area contributed by atoms with E-state index in [0.717, 1.165) is 29.6 Å². The highest BCUT2D eigenvalue weighted by atomic mass is 16.4. The predicted octanol–water partition coefficient (Wildman–Crippen LogP) is 6.77. The van der Waals surface area contributed by atoms with Gasteiger partial charge in [-0.3, -0.25) is 0 Å². The van der Waals surface area contributed by atoms with Gasteiger partial charge in [-0.2, -0.15) is 0 Å². The number of rotatable bonds is 9. The molecule has 1 aliphatic carbocycles. The maximum absolute atomic E-state index is 11.3. The van der Waals surface area contributed by atoms with Gasteiger partial charge < -0.3 is 15.3 Å². The average molecular weight is 467 g/mol. The maximum Gasteiger partial charge on any atom is 0.331 e. The molecule has 0 aromatic rings. The summed E-state index contributed by atoms with van der Waals surface area (Å²) < 4.78 is 0. The largest absolute Gasteiger partial charge is 0.478 e. The summed E-state index contributed by atoms with van der Waals surface area (Å²) in [4.78, 5) is 10.8. The molecule has 1 fully saturated rings. The molecule has 0 aromatic heterocycles. The third kappa shape index (κ3) is 8.58. The Balaban J connectivity index is 2.75. The highest BCUT2D eigenvalue weighted by Gasteiger charge is 2.56. The molecule has 3 N–H and O–H groups in total. The fraction of sp³-hybridized carbons (Fsp3) is 0.433. The minimum absolute atomic E-state index is 0.297. The van der Waals surface area contributed by atoms with Crippen LogP contribution in [0.1, 0.15) is 67.7 Å². The van der Waals surface area contributed by atoms with Crippen LogP contribution < -0.4 is 0 Å². The van der Waals surface area contributed by atoms with Crippen molar-refractivity contribution in [2.24, 2.45) is 5.41 Å². The second-order valence-corrected chi connectivity index (χ2v) is 10.1. The molecule has 0 heterocycles. The highest BCUT2D eigenvalue weighted by Crippen LogP contribution is 2.50. The van der Waals surface area contributed by atoms with Crippen LogP contribution in [-0.4, -0.2) is 32.5 Å². The fourth-order valence-corrected chi connectivity index (χ4v) is 3.99. The van der Waals surface area contributed by atoms with E-state index in [1.807, 2.05) is 89.3 Å². The Morgan fingerprint density at radius 2 is 1.18 bits per heavy atom. The number of hydrogen-bond donors (Lipinski definition) is 3. The smallest absolute Gasteiger partial charge is 0.331 e. The molecule has 2 atom stereocenters. The third-order valence-corrected chi connectivity index (χ3v) is 6.50. The lowest BCUT2D eigenvalue weighted by atomic mass is 9.58. The van der Waals surface area contributed by atoms with Crippen LogP contribution in [0.3, 0.4) is 0 Å². The minimum atomic E-state index is -1.27. The summed E-state index contributed by atoms with van der Waals surface area (Å²) in [6, 6.07) is 0. The Labute approximate surface area is 205 Å². The van der Waals surface area contributed by atoms with E-state index in [1.165, 1.54) is 0 Å². The zero-order valence-corrected chi connectivity index (χ0v) is 21.8. The Kier molecular flexibility index (Phi) is 10.9. The van der Waals surface area contributed by atoms with Gasteiger partial charge in [0.15, 0.2) is 0 Å². The SMILES string of the molecule is CC(/C=C/C=C(C)/C=C/C1(O)C(C)(C)CCCC1(C)O)=C\C=C\C=C(C)\C=C\C=C(/C)C(=O)O. The monoisotopic (exact) mass is 466 g/mol. The van der Waals surface area contributed by atoms with Crippen LogP contribution in [0.15, 0.2) is 95.2 Å². The van der Waals surface area contributed by atoms with Gasteiger partial charge in [0.05, 0.1) is 5.60 Å². The molecule has 2 unspecified atom stereocenters. The van der Waals surface area contributed by atoms with Gasteiger partial charge in [0.1, 0.15) is 5.60 Å². The third-order valence-electron chi connectivity index (χ3n) is 6.50. The molecule has 0 saturated heterocycles. The van der Waals surface area contributed by atoms with E-state index in [9.17, 15) is 15.0 Å². The van der Waals surface area contributed by atoms with E-state index in [2.05, 4.69) is 0 Å². The van der Waals surface area contributed by atoms with Gasteiger partial charge in [-0.25, -0.2) is 4.79 Å². The topological polar surface area (TPSA) is 77.8 Å². The van der Waals surface area contributed by atoms with E-state index >= 15 is 0 Å². The number of aliphatic hydroxyl groups is 2. The van der Waals surface area contributed by atoms with Crippen LogP contribution >= 0.6 is 0 Å². The van der Waals surface area contributed by atoms with Gasteiger partial charge >= 0.3 is 5.97 Å². The van der Waals surface area contributed by atoms with Gasteiger partial charge in [0, 0.05) is 5.57 Å².